The lowest BCUT2D eigenvalue weighted by Gasteiger charge is -2.20. The molecule has 0 atom stereocenters. The molecule has 0 aromatic heterocycles. The van der Waals surface area contributed by atoms with Crippen molar-refractivity contribution in [2.45, 2.75) is 46.3 Å². The highest BCUT2D eigenvalue weighted by Gasteiger charge is 2.10. The Morgan fingerprint density at radius 2 is 1.90 bits per heavy atom. The molecule has 0 spiro atoms. The molecular weight excluding hydrogens is 266 g/mol. The van der Waals surface area contributed by atoms with Gasteiger partial charge in [-0.3, -0.25) is 0 Å². The highest BCUT2D eigenvalue weighted by molar-refractivity contribution is 5.40. The maximum absolute atomic E-state index is 5.84. The second-order valence-corrected chi connectivity index (χ2v) is 5.96. The van der Waals surface area contributed by atoms with Crippen LogP contribution < -0.4 is 14.8 Å². The summed E-state index contributed by atoms with van der Waals surface area (Å²) in [6.07, 6.45) is 1.11. The molecule has 0 saturated heterocycles. The van der Waals surface area contributed by atoms with Crippen LogP contribution in [-0.2, 0) is 11.3 Å². The van der Waals surface area contributed by atoms with E-state index >= 15 is 0 Å². The fourth-order valence-corrected chi connectivity index (χ4v) is 1.86. The smallest absolute Gasteiger partial charge is 0.124 e. The van der Waals surface area contributed by atoms with E-state index in [0.29, 0.717) is 13.2 Å². The Hall–Kier alpha value is -1.26. The third-order valence-electron chi connectivity index (χ3n) is 2.89. The summed E-state index contributed by atoms with van der Waals surface area (Å²) in [7, 11) is 1.68. The van der Waals surface area contributed by atoms with Gasteiger partial charge in [0.2, 0.25) is 0 Å². The van der Waals surface area contributed by atoms with E-state index in [2.05, 4.69) is 12.2 Å². The molecule has 0 unspecified atom stereocenters. The largest absolute Gasteiger partial charge is 0.497 e. The van der Waals surface area contributed by atoms with Crippen molar-refractivity contribution in [3.8, 4) is 11.5 Å². The van der Waals surface area contributed by atoms with Crippen LogP contribution in [0, 0.1) is 0 Å². The molecule has 0 bridgehead atoms. The zero-order valence-electron chi connectivity index (χ0n) is 14.0. The molecule has 1 rings (SSSR count). The fraction of sp³-hybridized carbons (Fsp3) is 0.647. The average molecular weight is 295 g/mol. The van der Waals surface area contributed by atoms with E-state index in [4.69, 9.17) is 14.2 Å². The van der Waals surface area contributed by atoms with Crippen molar-refractivity contribution >= 4 is 0 Å². The van der Waals surface area contributed by atoms with Crippen LogP contribution in [0.3, 0.4) is 0 Å². The van der Waals surface area contributed by atoms with Crippen molar-refractivity contribution < 1.29 is 14.2 Å². The fourth-order valence-electron chi connectivity index (χ4n) is 1.86. The highest BCUT2D eigenvalue weighted by Crippen LogP contribution is 2.24. The van der Waals surface area contributed by atoms with Gasteiger partial charge in [-0.2, -0.15) is 0 Å². The number of hydrogen-bond donors (Lipinski definition) is 1. The molecule has 1 aromatic carbocycles. The summed E-state index contributed by atoms with van der Waals surface area (Å²) in [6, 6.07) is 5.89. The van der Waals surface area contributed by atoms with Crippen LogP contribution in [0.2, 0.25) is 0 Å². The molecule has 0 amide bonds. The van der Waals surface area contributed by atoms with E-state index in [1.165, 1.54) is 0 Å². The standard InChI is InChI=1S/C17H29NO3/c1-6-9-18-13-14-12-15(19-5)7-8-16(14)20-10-11-21-17(2,3)4/h7-8,12,18H,6,9-11,13H2,1-5H3. The minimum Gasteiger partial charge on any atom is -0.497 e. The maximum atomic E-state index is 5.84. The topological polar surface area (TPSA) is 39.7 Å². The molecule has 4 nitrogen and oxygen atoms in total. The molecule has 4 heteroatoms. The molecule has 0 saturated carbocycles. The molecule has 0 fully saturated rings. The Morgan fingerprint density at radius 1 is 1.14 bits per heavy atom. The summed E-state index contributed by atoms with van der Waals surface area (Å²) in [5.41, 5.74) is 0.980. The van der Waals surface area contributed by atoms with Crippen molar-refractivity contribution in [3.63, 3.8) is 0 Å². The van der Waals surface area contributed by atoms with Crippen LogP contribution in [0.15, 0.2) is 18.2 Å². The maximum Gasteiger partial charge on any atom is 0.124 e. The van der Waals surface area contributed by atoms with Crippen LogP contribution in [0.1, 0.15) is 39.7 Å². The second kappa shape index (κ2) is 8.90. The van der Waals surface area contributed by atoms with Gasteiger partial charge in [-0.1, -0.05) is 6.92 Å². The molecule has 21 heavy (non-hydrogen) atoms. The van der Waals surface area contributed by atoms with Crippen LogP contribution in [0.25, 0.3) is 0 Å². The van der Waals surface area contributed by atoms with E-state index in [1.54, 1.807) is 7.11 Å². The first kappa shape index (κ1) is 17.8. The van der Waals surface area contributed by atoms with E-state index < -0.39 is 0 Å². The van der Waals surface area contributed by atoms with Gasteiger partial charge in [0.05, 0.1) is 19.3 Å². The Kier molecular flexibility index (Phi) is 7.54. The van der Waals surface area contributed by atoms with Crippen molar-refractivity contribution in [2.24, 2.45) is 0 Å². The first-order chi connectivity index (χ1) is 9.96. The van der Waals surface area contributed by atoms with Crippen LogP contribution >= 0.6 is 0 Å². The van der Waals surface area contributed by atoms with Gasteiger partial charge >= 0.3 is 0 Å². The Labute approximate surface area is 128 Å². The molecule has 1 aromatic rings. The van der Waals surface area contributed by atoms with E-state index in [1.807, 2.05) is 39.0 Å². The van der Waals surface area contributed by atoms with Crippen molar-refractivity contribution in [3.05, 3.63) is 23.8 Å². The second-order valence-electron chi connectivity index (χ2n) is 5.96. The normalized spacial score (nSPS) is 11.5. The summed E-state index contributed by atoms with van der Waals surface area (Å²) >= 11 is 0. The van der Waals surface area contributed by atoms with Crippen LogP contribution in [0.4, 0.5) is 0 Å². The minimum absolute atomic E-state index is 0.130. The van der Waals surface area contributed by atoms with Gasteiger partial charge in [-0.05, 0) is 51.9 Å². The van der Waals surface area contributed by atoms with Crippen LogP contribution in [0.5, 0.6) is 11.5 Å². The number of hydrogen-bond acceptors (Lipinski definition) is 4. The monoisotopic (exact) mass is 295 g/mol. The predicted octanol–water partition coefficient (Wildman–Crippen LogP) is 3.39. The van der Waals surface area contributed by atoms with E-state index in [-0.39, 0.29) is 5.60 Å². The van der Waals surface area contributed by atoms with Crippen molar-refractivity contribution in [1.82, 2.24) is 5.32 Å². The number of nitrogens with one attached hydrogen (secondary N) is 1. The van der Waals surface area contributed by atoms with Gasteiger partial charge in [0.25, 0.3) is 0 Å². The molecule has 0 heterocycles. The zero-order chi connectivity index (χ0) is 15.7. The van der Waals surface area contributed by atoms with Crippen molar-refractivity contribution in [1.29, 1.82) is 0 Å². The van der Waals surface area contributed by atoms with Gasteiger partial charge in [-0.25, -0.2) is 0 Å². The molecule has 0 aliphatic heterocycles. The number of rotatable bonds is 9. The molecule has 1 N–H and O–H groups in total. The quantitative estimate of drug-likeness (QED) is 0.709. The van der Waals surface area contributed by atoms with Gasteiger partial charge in [-0.15, -0.1) is 0 Å². The first-order valence-electron chi connectivity index (χ1n) is 7.60. The number of methoxy groups -OCH3 is 1. The van der Waals surface area contributed by atoms with Crippen molar-refractivity contribution in [2.75, 3.05) is 26.9 Å². The SMILES string of the molecule is CCCNCc1cc(OC)ccc1OCCOC(C)(C)C. The summed E-state index contributed by atoms with van der Waals surface area (Å²) < 4.78 is 16.8. The third-order valence-corrected chi connectivity index (χ3v) is 2.89. The zero-order valence-corrected chi connectivity index (χ0v) is 14.0. The molecule has 0 aliphatic carbocycles. The summed E-state index contributed by atoms with van der Waals surface area (Å²) in [5, 5.41) is 3.39. The van der Waals surface area contributed by atoms with Gasteiger partial charge in [0.15, 0.2) is 0 Å². The van der Waals surface area contributed by atoms with Gasteiger partial charge in [0, 0.05) is 12.1 Å². The summed E-state index contributed by atoms with van der Waals surface area (Å²) in [5.74, 6) is 1.73. The molecule has 120 valence electrons. The summed E-state index contributed by atoms with van der Waals surface area (Å²) in [6.45, 7) is 11.2. The lowest BCUT2D eigenvalue weighted by molar-refractivity contribution is -0.0164. The predicted molar refractivity (Wildman–Crippen MR) is 86.2 cm³/mol. The Balaban J connectivity index is 2.58. The third kappa shape index (κ3) is 7.34. The first-order valence-corrected chi connectivity index (χ1v) is 7.60. The number of benzene rings is 1. The Bertz CT molecular complexity index is 413. The van der Waals surface area contributed by atoms with Crippen LogP contribution in [-0.4, -0.2) is 32.5 Å². The average Bonchev–Trinajstić information content (AvgIpc) is 2.43. The molecule has 0 radical (unpaired) electrons. The Morgan fingerprint density at radius 3 is 2.52 bits per heavy atom. The molecular formula is C17H29NO3. The number of ether oxygens (including phenoxy) is 3. The van der Waals surface area contributed by atoms with E-state index in [0.717, 1.165) is 36.6 Å². The lowest BCUT2D eigenvalue weighted by atomic mass is 10.2. The summed E-state index contributed by atoms with van der Waals surface area (Å²) in [4.78, 5) is 0. The minimum atomic E-state index is -0.130. The van der Waals surface area contributed by atoms with E-state index in [9.17, 15) is 0 Å². The molecule has 0 aliphatic rings. The lowest BCUT2D eigenvalue weighted by Crippen LogP contribution is -2.22. The highest BCUT2D eigenvalue weighted by atomic mass is 16.5. The van der Waals surface area contributed by atoms with Gasteiger partial charge < -0.3 is 19.5 Å². The van der Waals surface area contributed by atoms with Gasteiger partial charge in [0.1, 0.15) is 18.1 Å².